The molecule has 0 aromatic heterocycles. The van der Waals surface area contributed by atoms with Crippen molar-refractivity contribution in [3.8, 4) is 0 Å². The molecule has 1 rings (SSSR count). The van der Waals surface area contributed by atoms with Crippen LogP contribution in [0.1, 0.15) is 27.7 Å². The number of thioether (sulfide) groups is 1. The van der Waals surface area contributed by atoms with Gasteiger partial charge in [0.2, 0.25) is 11.8 Å². The summed E-state index contributed by atoms with van der Waals surface area (Å²) in [5, 5.41) is 0. The van der Waals surface area contributed by atoms with Crippen LogP contribution < -0.4 is 0 Å². The van der Waals surface area contributed by atoms with E-state index in [1.54, 1.807) is 18.7 Å². The minimum atomic E-state index is -0.899. The van der Waals surface area contributed by atoms with Gasteiger partial charge >= 0.3 is 11.8 Å². The maximum Gasteiger partial charge on any atom is 0.319 e. The zero-order chi connectivity index (χ0) is 17.6. The van der Waals surface area contributed by atoms with Gasteiger partial charge < -0.3 is 9.80 Å². The van der Waals surface area contributed by atoms with Crippen molar-refractivity contribution in [3.63, 3.8) is 0 Å². The summed E-state index contributed by atoms with van der Waals surface area (Å²) in [7, 11) is 0. The lowest BCUT2D eigenvalue weighted by Gasteiger charge is -2.35. The van der Waals surface area contributed by atoms with E-state index in [1.165, 1.54) is 16.7 Å². The van der Waals surface area contributed by atoms with Crippen molar-refractivity contribution in [2.45, 2.75) is 33.7 Å². The molecule has 130 valence electrons. The molecule has 23 heavy (non-hydrogen) atoms. The Bertz CT molecular complexity index is 475. The Morgan fingerprint density at radius 1 is 1.04 bits per heavy atom. The maximum atomic E-state index is 12.6. The first-order valence-electron chi connectivity index (χ1n) is 7.94. The van der Waals surface area contributed by atoms with Gasteiger partial charge in [-0.15, -0.1) is 11.8 Å². The summed E-state index contributed by atoms with van der Waals surface area (Å²) in [5.41, 5.74) is 0. The third kappa shape index (κ3) is 4.25. The van der Waals surface area contributed by atoms with Gasteiger partial charge in [-0.1, -0.05) is 0 Å². The van der Waals surface area contributed by atoms with Crippen LogP contribution in [0.15, 0.2) is 0 Å². The smallest absolute Gasteiger partial charge is 0.319 e. The van der Waals surface area contributed by atoms with Gasteiger partial charge in [0.1, 0.15) is 6.04 Å². The lowest BCUT2D eigenvalue weighted by Crippen LogP contribution is -2.60. The highest BCUT2D eigenvalue weighted by Gasteiger charge is 2.42. The number of carbonyl (C=O) groups excluding carboxylic acids is 4. The molecule has 0 N–H and O–H groups in total. The summed E-state index contributed by atoms with van der Waals surface area (Å²) in [5.74, 6) is -1.94. The number of likely N-dealkylation sites (N-methyl/N-ethyl adjacent to an activating group) is 2. The van der Waals surface area contributed by atoms with Gasteiger partial charge in [-0.25, -0.2) is 0 Å². The van der Waals surface area contributed by atoms with Gasteiger partial charge in [0.15, 0.2) is 0 Å². The predicted octanol–water partition coefficient (Wildman–Crippen LogP) is 0.194. The second-order valence-corrected chi connectivity index (χ2v) is 6.12. The summed E-state index contributed by atoms with van der Waals surface area (Å²) in [6.07, 6.45) is 0. The first-order valence-corrected chi connectivity index (χ1v) is 9.09. The molecular weight excluding hydrogens is 318 g/mol. The summed E-state index contributed by atoms with van der Waals surface area (Å²) >= 11 is 1.31. The van der Waals surface area contributed by atoms with E-state index in [4.69, 9.17) is 0 Å². The highest BCUT2D eigenvalue weighted by atomic mass is 32.2. The molecule has 0 spiro atoms. The van der Waals surface area contributed by atoms with E-state index in [0.717, 1.165) is 4.90 Å². The molecule has 0 saturated carbocycles. The van der Waals surface area contributed by atoms with E-state index in [2.05, 4.69) is 0 Å². The Kier molecular flexibility index (Phi) is 7.54. The minimum Gasteiger partial charge on any atom is -0.341 e. The number of amides is 4. The Morgan fingerprint density at radius 2 is 1.57 bits per heavy atom. The third-order valence-corrected chi connectivity index (χ3v) is 4.90. The van der Waals surface area contributed by atoms with E-state index in [1.807, 2.05) is 13.8 Å². The van der Waals surface area contributed by atoms with Crippen LogP contribution in [0.3, 0.4) is 0 Å². The Hall–Kier alpha value is -1.57. The van der Waals surface area contributed by atoms with Crippen molar-refractivity contribution >= 4 is 35.4 Å². The SMILES string of the molecule is CCN(CC)C(=O)C(=O)N1C(=O)CSCC1C(=O)N(CC)CC. The summed E-state index contributed by atoms with van der Waals surface area (Å²) in [4.78, 5) is 53.4. The Labute approximate surface area is 141 Å². The fourth-order valence-electron chi connectivity index (χ4n) is 2.51. The molecule has 0 bridgehead atoms. The van der Waals surface area contributed by atoms with Crippen molar-refractivity contribution < 1.29 is 19.2 Å². The van der Waals surface area contributed by atoms with Crippen LogP contribution in [0.25, 0.3) is 0 Å². The van der Waals surface area contributed by atoms with Crippen LogP contribution in [0.4, 0.5) is 0 Å². The molecule has 1 saturated heterocycles. The first-order chi connectivity index (χ1) is 10.9. The number of rotatable bonds is 5. The topological polar surface area (TPSA) is 78.0 Å². The zero-order valence-electron chi connectivity index (χ0n) is 14.2. The number of hydrogen-bond donors (Lipinski definition) is 0. The summed E-state index contributed by atoms with van der Waals surface area (Å²) in [6.45, 7) is 8.97. The monoisotopic (exact) mass is 343 g/mol. The molecular formula is C15H25N3O4S. The number of carbonyl (C=O) groups is 4. The van der Waals surface area contributed by atoms with E-state index in [-0.39, 0.29) is 11.7 Å². The lowest BCUT2D eigenvalue weighted by molar-refractivity contribution is -0.161. The number of hydrogen-bond acceptors (Lipinski definition) is 5. The van der Waals surface area contributed by atoms with Crippen molar-refractivity contribution in [2.75, 3.05) is 37.7 Å². The molecule has 0 aromatic carbocycles. The van der Waals surface area contributed by atoms with Crippen molar-refractivity contribution in [1.29, 1.82) is 0 Å². The molecule has 1 atom stereocenters. The maximum absolute atomic E-state index is 12.6. The Morgan fingerprint density at radius 3 is 2.04 bits per heavy atom. The quantitative estimate of drug-likeness (QED) is 0.666. The highest BCUT2D eigenvalue weighted by molar-refractivity contribution is 8.00. The first kappa shape index (κ1) is 19.5. The molecule has 1 unspecified atom stereocenters. The van der Waals surface area contributed by atoms with Gasteiger partial charge in [-0.05, 0) is 27.7 Å². The average molecular weight is 343 g/mol. The van der Waals surface area contributed by atoms with Gasteiger partial charge in [0.05, 0.1) is 5.75 Å². The lowest BCUT2D eigenvalue weighted by atomic mass is 10.2. The van der Waals surface area contributed by atoms with Crippen LogP contribution in [-0.2, 0) is 19.2 Å². The van der Waals surface area contributed by atoms with E-state index >= 15 is 0 Å². The van der Waals surface area contributed by atoms with Gasteiger partial charge in [-0.2, -0.15) is 0 Å². The normalized spacial score (nSPS) is 17.8. The summed E-state index contributed by atoms with van der Waals surface area (Å²) in [6, 6.07) is -0.895. The second-order valence-electron chi connectivity index (χ2n) is 5.09. The standard InChI is InChI=1S/C15H25N3O4S/c1-5-16(6-2)13(20)11-9-23-10-12(19)18(11)15(22)14(21)17(7-3)8-4/h11H,5-10H2,1-4H3. The van der Waals surface area contributed by atoms with Crippen LogP contribution in [0, 0.1) is 0 Å². The van der Waals surface area contributed by atoms with E-state index in [0.29, 0.717) is 31.9 Å². The number of nitrogens with zero attached hydrogens (tertiary/aromatic N) is 3. The predicted molar refractivity (Wildman–Crippen MR) is 88.8 cm³/mol. The molecule has 0 aromatic rings. The molecule has 1 aliphatic heterocycles. The van der Waals surface area contributed by atoms with Crippen LogP contribution in [0.5, 0.6) is 0 Å². The molecule has 1 aliphatic rings. The van der Waals surface area contributed by atoms with Crippen LogP contribution in [-0.4, -0.2) is 82.1 Å². The Balaban J connectivity index is 3.06. The fourth-order valence-corrected chi connectivity index (χ4v) is 3.45. The van der Waals surface area contributed by atoms with Crippen molar-refractivity contribution in [2.24, 2.45) is 0 Å². The third-order valence-electron chi connectivity index (χ3n) is 3.89. The minimum absolute atomic E-state index is 0.110. The molecule has 1 heterocycles. The van der Waals surface area contributed by atoms with Gasteiger partial charge in [0, 0.05) is 31.9 Å². The number of imide groups is 1. The van der Waals surface area contributed by atoms with Gasteiger partial charge in [-0.3, -0.25) is 24.1 Å². The van der Waals surface area contributed by atoms with Crippen molar-refractivity contribution in [3.05, 3.63) is 0 Å². The second kappa shape index (κ2) is 8.90. The molecule has 7 nitrogen and oxygen atoms in total. The molecule has 1 fully saturated rings. The van der Waals surface area contributed by atoms with Gasteiger partial charge in [0.25, 0.3) is 0 Å². The fraction of sp³-hybridized carbons (Fsp3) is 0.733. The van der Waals surface area contributed by atoms with E-state index < -0.39 is 23.8 Å². The van der Waals surface area contributed by atoms with E-state index in [9.17, 15) is 19.2 Å². The molecule has 8 heteroatoms. The largest absolute Gasteiger partial charge is 0.341 e. The summed E-state index contributed by atoms with van der Waals surface area (Å²) < 4.78 is 0. The zero-order valence-corrected chi connectivity index (χ0v) is 15.0. The molecule has 4 amide bonds. The van der Waals surface area contributed by atoms with Crippen LogP contribution >= 0.6 is 11.8 Å². The molecule has 0 radical (unpaired) electrons. The average Bonchev–Trinajstić information content (AvgIpc) is 2.55. The highest BCUT2D eigenvalue weighted by Crippen LogP contribution is 2.20. The molecule has 0 aliphatic carbocycles. The van der Waals surface area contributed by atoms with Crippen LogP contribution in [0.2, 0.25) is 0 Å². The van der Waals surface area contributed by atoms with Crippen molar-refractivity contribution in [1.82, 2.24) is 14.7 Å².